The highest BCUT2D eigenvalue weighted by atomic mass is 35.5. The molecule has 0 radical (unpaired) electrons. The van der Waals surface area contributed by atoms with Crippen molar-refractivity contribution in [3.05, 3.63) is 45.3 Å². The molecule has 2 N–H and O–H groups in total. The summed E-state index contributed by atoms with van der Waals surface area (Å²) in [5.41, 5.74) is 1.38. The molecule has 0 spiro atoms. The molecule has 0 amide bonds. The molecule has 1 aromatic carbocycles. The summed E-state index contributed by atoms with van der Waals surface area (Å²) in [5.74, 6) is 1.49. The van der Waals surface area contributed by atoms with Crippen LogP contribution in [0.4, 0.5) is 5.69 Å². The number of rotatable bonds is 10. The van der Waals surface area contributed by atoms with Gasteiger partial charge < -0.3 is 19.7 Å². The highest BCUT2D eigenvalue weighted by molar-refractivity contribution is 6.32. The lowest BCUT2D eigenvalue weighted by Crippen LogP contribution is -2.24. The van der Waals surface area contributed by atoms with Crippen LogP contribution in [0.15, 0.2) is 29.2 Å². The van der Waals surface area contributed by atoms with E-state index in [1.165, 1.54) is 11.8 Å². The minimum atomic E-state index is -0.385. The number of anilines is 1. The Morgan fingerprint density at radius 1 is 1.23 bits per heavy atom. The van der Waals surface area contributed by atoms with Gasteiger partial charge in [-0.15, -0.1) is 0 Å². The zero-order valence-corrected chi connectivity index (χ0v) is 16.1. The summed E-state index contributed by atoms with van der Waals surface area (Å²) in [6, 6.07) is 5.99. The van der Waals surface area contributed by atoms with Gasteiger partial charge in [-0.2, -0.15) is 5.10 Å². The van der Waals surface area contributed by atoms with Crippen LogP contribution in [0, 0.1) is 0 Å². The van der Waals surface area contributed by atoms with Crippen molar-refractivity contribution in [2.24, 2.45) is 0 Å². The first-order chi connectivity index (χ1) is 12.5. The quantitative estimate of drug-likeness (QED) is 0.616. The maximum absolute atomic E-state index is 11.4. The van der Waals surface area contributed by atoms with E-state index in [0.717, 1.165) is 37.4 Å². The lowest BCUT2D eigenvalue weighted by Gasteiger charge is -2.17. The molecule has 7 nitrogen and oxygen atoms in total. The van der Waals surface area contributed by atoms with E-state index in [0.29, 0.717) is 12.2 Å². The lowest BCUT2D eigenvalue weighted by atomic mass is 10.1. The van der Waals surface area contributed by atoms with Gasteiger partial charge in [-0.3, -0.25) is 4.79 Å². The van der Waals surface area contributed by atoms with Crippen LogP contribution in [0.3, 0.4) is 0 Å². The van der Waals surface area contributed by atoms with Gasteiger partial charge in [0.2, 0.25) is 0 Å². The molecule has 0 unspecified atom stereocenters. The first-order valence-corrected chi connectivity index (χ1v) is 8.79. The zero-order chi connectivity index (χ0) is 18.9. The number of hydrogen-bond acceptors (Lipinski definition) is 6. The van der Waals surface area contributed by atoms with E-state index < -0.39 is 0 Å². The maximum atomic E-state index is 11.4. The van der Waals surface area contributed by atoms with E-state index >= 15 is 0 Å². The Labute approximate surface area is 158 Å². The van der Waals surface area contributed by atoms with E-state index in [4.69, 9.17) is 21.1 Å². The van der Waals surface area contributed by atoms with Crippen LogP contribution in [0.25, 0.3) is 0 Å². The third-order valence-corrected chi connectivity index (χ3v) is 4.43. The molecule has 2 aromatic rings. The van der Waals surface area contributed by atoms with Crippen molar-refractivity contribution in [3.63, 3.8) is 0 Å². The van der Waals surface area contributed by atoms with Crippen LogP contribution in [0.5, 0.6) is 11.5 Å². The molecule has 8 heteroatoms. The van der Waals surface area contributed by atoms with E-state index in [1.54, 1.807) is 14.2 Å². The number of ether oxygens (including phenoxy) is 2. The standard InChI is InChI=1S/C18H25ClN4O3/c1-23(9-4-8-20-14-12-21-22-18(24)17(14)19)10-7-13-5-6-15(25-2)16(11-13)26-3/h5-6,11-12H,4,7-10H2,1-3H3,(H2,20,22,24). The second-order valence-electron chi connectivity index (χ2n) is 5.95. The SMILES string of the molecule is COc1ccc(CCN(C)CCCNc2cn[nH]c(=O)c2Cl)cc1OC. The fourth-order valence-electron chi connectivity index (χ4n) is 2.55. The first-order valence-electron chi connectivity index (χ1n) is 8.41. The molecule has 0 bridgehead atoms. The monoisotopic (exact) mass is 380 g/mol. The summed E-state index contributed by atoms with van der Waals surface area (Å²) >= 11 is 5.92. The number of likely N-dealkylation sites (N-methyl/N-ethyl adjacent to an activating group) is 1. The largest absolute Gasteiger partial charge is 0.493 e. The molecule has 142 valence electrons. The van der Waals surface area contributed by atoms with E-state index in [-0.39, 0.29) is 10.6 Å². The molecule has 2 rings (SSSR count). The fraction of sp³-hybridized carbons (Fsp3) is 0.444. The Bertz CT molecular complexity index is 766. The molecule has 0 fully saturated rings. The Kier molecular flexibility index (Phi) is 7.74. The third kappa shape index (κ3) is 5.64. The Morgan fingerprint density at radius 3 is 2.73 bits per heavy atom. The number of hydrogen-bond donors (Lipinski definition) is 2. The molecule has 0 aliphatic carbocycles. The number of aromatic amines is 1. The summed E-state index contributed by atoms with van der Waals surface area (Å²) < 4.78 is 10.6. The first kappa shape index (κ1) is 20.1. The summed E-state index contributed by atoms with van der Waals surface area (Å²) in [7, 11) is 5.36. The Hall–Kier alpha value is -2.25. The third-order valence-electron chi connectivity index (χ3n) is 4.06. The Morgan fingerprint density at radius 2 is 2.00 bits per heavy atom. The molecule has 0 aliphatic heterocycles. The number of nitrogens with zero attached hydrogens (tertiary/aromatic N) is 2. The predicted octanol–water partition coefficient (Wildman–Crippen LogP) is 2.42. The van der Waals surface area contributed by atoms with Crippen molar-refractivity contribution in [1.29, 1.82) is 0 Å². The maximum Gasteiger partial charge on any atom is 0.285 e. The van der Waals surface area contributed by atoms with Crippen LogP contribution in [-0.2, 0) is 6.42 Å². The highest BCUT2D eigenvalue weighted by Gasteiger charge is 2.07. The van der Waals surface area contributed by atoms with Crippen molar-refractivity contribution >= 4 is 17.3 Å². The molecule has 26 heavy (non-hydrogen) atoms. The number of H-pyrrole nitrogens is 1. The van der Waals surface area contributed by atoms with Gasteiger partial charge in [-0.1, -0.05) is 17.7 Å². The van der Waals surface area contributed by atoms with Gasteiger partial charge in [0.05, 0.1) is 26.1 Å². The van der Waals surface area contributed by atoms with Gasteiger partial charge in [0.25, 0.3) is 5.56 Å². The van der Waals surface area contributed by atoms with E-state index in [1.807, 2.05) is 12.1 Å². The molecule has 0 saturated carbocycles. The van der Waals surface area contributed by atoms with Crippen molar-refractivity contribution in [1.82, 2.24) is 15.1 Å². The number of aromatic nitrogens is 2. The molecular formula is C18H25ClN4O3. The number of methoxy groups -OCH3 is 2. The van der Waals surface area contributed by atoms with Crippen LogP contribution in [-0.4, -0.2) is 56.0 Å². The Balaban J connectivity index is 1.73. The van der Waals surface area contributed by atoms with Crippen LogP contribution >= 0.6 is 11.6 Å². The highest BCUT2D eigenvalue weighted by Crippen LogP contribution is 2.27. The normalized spacial score (nSPS) is 10.8. The summed E-state index contributed by atoms with van der Waals surface area (Å²) in [6.07, 6.45) is 3.37. The van der Waals surface area contributed by atoms with Gasteiger partial charge in [0, 0.05) is 13.1 Å². The van der Waals surface area contributed by atoms with Crippen molar-refractivity contribution in [3.8, 4) is 11.5 Å². The van der Waals surface area contributed by atoms with Gasteiger partial charge in [-0.25, -0.2) is 5.10 Å². The van der Waals surface area contributed by atoms with E-state index in [9.17, 15) is 4.79 Å². The van der Waals surface area contributed by atoms with Crippen molar-refractivity contribution in [2.75, 3.05) is 46.2 Å². The lowest BCUT2D eigenvalue weighted by molar-refractivity contribution is 0.335. The predicted molar refractivity (Wildman–Crippen MR) is 104 cm³/mol. The summed E-state index contributed by atoms with van der Waals surface area (Å²) in [6.45, 7) is 2.57. The second-order valence-corrected chi connectivity index (χ2v) is 6.33. The topological polar surface area (TPSA) is 79.5 Å². The fourth-order valence-corrected chi connectivity index (χ4v) is 2.70. The van der Waals surface area contributed by atoms with Crippen LogP contribution in [0.2, 0.25) is 5.02 Å². The smallest absolute Gasteiger partial charge is 0.285 e. The minimum absolute atomic E-state index is 0.141. The van der Waals surface area contributed by atoms with Crippen LogP contribution in [0.1, 0.15) is 12.0 Å². The molecule has 0 saturated heterocycles. The molecule has 1 heterocycles. The molecular weight excluding hydrogens is 356 g/mol. The molecule has 0 aliphatic rings. The van der Waals surface area contributed by atoms with Crippen LogP contribution < -0.4 is 20.3 Å². The average molecular weight is 381 g/mol. The molecule has 0 atom stereocenters. The van der Waals surface area contributed by atoms with Crippen molar-refractivity contribution < 1.29 is 9.47 Å². The molecule has 1 aromatic heterocycles. The van der Waals surface area contributed by atoms with Gasteiger partial charge in [0.15, 0.2) is 11.5 Å². The average Bonchev–Trinajstić information content (AvgIpc) is 2.66. The second kappa shape index (κ2) is 10.0. The van der Waals surface area contributed by atoms with Gasteiger partial charge in [-0.05, 0) is 44.1 Å². The number of benzene rings is 1. The zero-order valence-electron chi connectivity index (χ0n) is 15.3. The van der Waals surface area contributed by atoms with Gasteiger partial charge in [0.1, 0.15) is 5.02 Å². The van der Waals surface area contributed by atoms with Crippen molar-refractivity contribution in [2.45, 2.75) is 12.8 Å². The summed E-state index contributed by atoms with van der Waals surface area (Å²) in [5, 5.41) is 9.31. The van der Waals surface area contributed by atoms with E-state index in [2.05, 4.69) is 33.5 Å². The summed E-state index contributed by atoms with van der Waals surface area (Å²) in [4.78, 5) is 13.6. The number of nitrogens with one attached hydrogen (secondary N) is 2. The van der Waals surface area contributed by atoms with Gasteiger partial charge >= 0.3 is 0 Å². The minimum Gasteiger partial charge on any atom is -0.493 e. The number of halogens is 1.